The molecule has 0 aromatic heterocycles. The van der Waals surface area contributed by atoms with Gasteiger partial charge in [0.2, 0.25) is 0 Å². The van der Waals surface area contributed by atoms with Crippen molar-refractivity contribution in [3.8, 4) is 5.75 Å². The van der Waals surface area contributed by atoms with Gasteiger partial charge in [0.05, 0.1) is 18.6 Å². The van der Waals surface area contributed by atoms with E-state index < -0.39 is 5.97 Å². The normalized spacial score (nSPS) is 21.4. The summed E-state index contributed by atoms with van der Waals surface area (Å²) in [7, 11) is 1.48. The molecule has 0 unspecified atom stereocenters. The molecular weight excluding hydrogens is 270 g/mol. The average molecular weight is 284 g/mol. The number of halogens is 1. The van der Waals surface area contributed by atoms with E-state index in [2.05, 4.69) is 5.32 Å². The quantitative estimate of drug-likeness (QED) is 0.885. The van der Waals surface area contributed by atoms with E-state index in [0.29, 0.717) is 29.2 Å². The summed E-state index contributed by atoms with van der Waals surface area (Å²) in [6, 6.07) is 4.69. The summed E-state index contributed by atoms with van der Waals surface area (Å²) in [5, 5.41) is 12.0. The summed E-state index contributed by atoms with van der Waals surface area (Å²) in [5.74, 6) is -1.03. The first-order chi connectivity index (χ1) is 9.01. The number of nitrogens with one attached hydrogen (secondary N) is 1. The van der Waals surface area contributed by atoms with Crippen LogP contribution in [0.25, 0.3) is 0 Å². The first kappa shape index (κ1) is 13.7. The molecule has 2 rings (SSSR count). The van der Waals surface area contributed by atoms with Crippen LogP contribution in [0.4, 0.5) is 0 Å². The van der Waals surface area contributed by atoms with Crippen LogP contribution in [0.1, 0.15) is 23.2 Å². The van der Waals surface area contributed by atoms with Gasteiger partial charge in [0, 0.05) is 11.1 Å². The van der Waals surface area contributed by atoms with Crippen LogP contribution in [0.15, 0.2) is 18.2 Å². The van der Waals surface area contributed by atoms with Crippen LogP contribution in [-0.2, 0) is 4.79 Å². The highest BCUT2D eigenvalue weighted by Crippen LogP contribution is 2.29. The summed E-state index contributed by atoms with van der Waals surface area (Å²) in [4.78, 5) is 22.7. The van der Waals surface area contributed by atoms with Crippen LogP contribution in [0.5, 0.6) is 5.75 Å². The van der Waals surface area contributed by atoms with Crippen molar-refractivity contribution in [1.29, 1.82) is 0 Å². The molecule has 19 heavy (non-hydrogen) atoms. The lowest BCUT2D eigenvalue weighted by molar-refractivity contribution is -0.145. The molecule has 1 aliphatic carbocycles. The molecule has 1 saturated carbocycles. The fraction of sp³-hybridized carbons (Fsp3) is 0.385. The first-order valence-corrected chi connectivity index (χ1v) is 6.26. The Morgan fingerprint density at radius 3 is 2.68 bits per heavy atom. The minimum Gasteiger partial charge on any atom is -0.496 e. The third-order valence-electron chi connectivity index (χ3n) is 3.23. The smallest absolute Gasteiger partial charge is 0.306 e. The van der Waals surface area contributed by atoms with Crippen molar-refractivity contribution in [2.75, 3.05) is 7.11 Å². The molecule has 2 N–H and O–H groups in total. The molecule has 0 radical (unpaired) electrons. The lowest BCUT2D eigenvalue weighted by Crippen LogP contribution is -2.46. The van der Waals surface area contributed by atoms with Gasteiger partial charge in [-0.3, -0.25) is 9.59 Å². The second kappa shape index (κ2) is 5.48. The molecule has 6 heteroatoms. The number of carboxylic acid groups (broad SMARTS) is 1. The summed E-state index contributed by atoms with van der Waals surface area (Å²) >= 11 is 5.85. The molecule has 1 aromatic carbocycles. The number of benzene rings is 1. The molecule has 5 nitrogen and oxygen atoms in total. The topological polar surface area (TPSA) is 75.6 Å². The Kier molecular flexibility index (Phi) is 3.95. The number of rotatable bonds is 4. The number of hydrogen-bond donors (Lipinski definition) is 2. The third-order valence-corrected chi connectivity index (χ3v) is 3.46. The van der Waals surface area contributed by atoms with Gasteiger partial charge in [-0.25, -0.2) is 0 Å². The lowest BCUT2D eigenvalue weighted by atomic mass is 9.80. The highest BCUT2D eigenvalue weighted by Gasteiger charge is 2.35. The zero-order valence-electron chi connectivity index (χ0n) is 10.4. The molecule has 1 aromatic rings. The number of ether oxygens (including phenoxy) is 1. The average Bonchev–Trinajstić information content (AvgIpc) is 2.32. The molecule has 0 spiro atoms. The van der Waals surface area contributed by atoms with Crippen LogP contribution in [0.2, 0.25) is 5.02 Å². The van der Waals surface area contributed by atoms with Crippen LogP contribution >= 0.6 is 11.6 Å². The Labute approximate surface area is 115 Å². The first-order valence-electron chi connectivity index (χ1n) is 5.88. The van der Waals surface area contributed by atoms with Crippen molar-refractivity contribution in [1.82, 2.24) is 5.32 Å². The Bertz CT molecular complexity index is 511. The van der Waals surface area contributed by atoms with E-state index in [-0.39, 0.29) is 17.9 Å². The molecule has 0 saturated heterocycles. The largest absolute Gasteiger partial charge is 0.496 e. The Morgan fingerprint density at radius 2 is 2.11 bits per heavy atom. The van der Waals surface area contributed by atoms with Crippen LogP contribution in [0.3, 0.4) is 0 Å². The molecule has 1 amide bonds. The number of carbonyl (C=O) groups is 2. The highest BCUT2D eigenvalue weighted by molar-refractivity contribution is 6.31. The minimum absolute atomic E-state index is 0.0997. The van der Waals surface area contributed by atoms with Crippen molar-refractivity contribution in [2.45, 2.75) is 18.9 Å². The molecule has 0 bridgehead atoms. The monoisotopic (exact) mass is 283 g/mol. The second-order valence-corrected chi connectivity index (χ2v) is 4.96. The van der Waals surface area contributed by atoms with Gasteiger partial charge >= 0.3 is 5.97 Å². The summed E-state index contributed by atoms with van der Waals surface area (Å²) in [6.45, 7) is 0. The van der Waals surface area contributed by atoms with Gasteiger partial charge < -0.3 is 15.2 Å². The summed E-state index contributed by atoms with van der Waals surface area (Å²) < 4.78 is 5.10. The van der Waals surface area contributed by atoms with Crippen molar-refractivity contribution in [3.05, 3.63) is 28.8 Å². The number of carboxylic acids is 1. The molecular formula is C13H14ClNO4. The van der Waals surface area contributed by atoms with Gasteiger partial charge in [-0.15, -0.1) is 0 Å². The van der Waals surface area contributed by atoms with Crippen LogP contribution in [0, 0.1) is 5.92 Å². The Balaban J connectivity index is 2.01. The van der Waals surface area contributed by atoms with Gasteiger partial charge in [0.15, 0.2) is 0 Å². The predicted molar refractivity (Wildman–Crippen MR) is 69.6 cm³/mol. The van der Waals surface area contributed by atoms with Gasteiger partial charge in [-0.05, 0) is 31.0 Å². The standard InChI is InChI=1S/C13H14ClNO4/c1-19-11-3-2-8(14)6-10(11)12(16)15-9-4-7(5-9)13(17)18/h2-3,6-7,9H,4-5H2,1H3,(H,15,16)(H,17,18). The van der Waals surface area contributed by atoms with Gasteiger partial charge in [0.1, 0.15) is 5.75 Å². The molecule has 1 fully saturated rings. The maximum absolute atomic E-state index is 12.1. The van der Waals surface area contributed by atoms with E-state index in [1.165, 1.54) is 13.2 Å². The maximum Gasteiger partial charge on any atom is 0.306 e. The van der Waals surface area contributed by atoms with Crippen molar-refractivity contribution >= 4 is 23.5 Å². The maximum atomic E-state index is 12.1. The van der Waals surface area contributed by atoms with Crippen molar-refractivity contribution in [3.63, 3.8) is 0 Å². The highest BCUT2D eigenvalue weighted by atomic mass is 35.5. The number of methoxy groups -OCH3 is 1. The van der Waals surface area contributed by atoms with Crippen LogP contribution in [-0.4, -0.2) is 30.1 Å². The number of amides is 1. The van der Waals surface area contributed by atoms with Gasteiger partial charge in [0.25, 0.3) is 5.91 Å². The number of hydrogen-bond acceptors (Lipinski definition) is 3. The molecule has 0 atom stereocenters. The van der Waals surface area contributed by atoms with Crippen LogP contribution < -0.4 is 10.1 Å². The zero-order chi connectivity index (χ0) is 14.0. The van der Waals surface area contributed by atoms with Crippen molar-refractivity contribution in [2.24, 2.45) is 5.92 Å². The van der Waals surface area contributed by atoms with E-state index in [1.54, 1.807) is 12.1 Å². The van der Waals surface area contributed by atoms with E-state index in [4.69, 9.17) is 21.4 Å². The Hall–Kier alpha value is -1.75. The Morgan fingerprint density at radius 1 is 1.42 bits per heavy atom. The summed E-state index contributed by atoms with van der Waals surface area (Å²) in [6.07, 6.45) is 0.925. The van der Waals surface area contributed by atoms with Gasteiger partial charge in [-0.2, -0.15) is 0 Å². The third kappa shape index (κ3) is 2.98. The molecule has 1 aliphatic rings. The van der Waals surface area contributed by atoms with E-state index in [0.717, 1.165) is 0 Å². The summed E-state index contributed by atoms with van der Waals surface area (Å²) in [5.41, 5.74) is 0.355. The number of carbonyl (C=O) groups excluding carboxylic acids is 1. The predicted octanol–water partition coefficient (Wildman–Crippen LogP) is 1.94. The minimum atomic E-state index is -0.814. The fourth-order valence-corrected chi connectivity index (χ4v) is 2.23. The second-order valence-electron chi connectivity index (χ2n) is 4.52. The molecule has 0 aliphatic heterocycles. The lowest BCUT2D eigenvalue weighted by Gasteiger charge is -2.32. The van der Waals surface area contributed by atoms with E-state index >= 15 is 0 Å². The zero-order valence-corrected chi connectivity index (χ0v) is 11.1. The van der Waals surface area contributed by atoms with E-state index in [1.807, 2.05) is 0 Å². The SMILES string of the molecule is COc1ccc(Cl)cc1C(=O)NC1CC(C(=O)O)C1. The fourth-order valence-electron chi connectivity index (χ4n) is 2.06. The molecule has 0 heterocycles. The molecule has 102 valence electrons. The van der Waals surface area contributed by atoms with Crippen molar-refractivity contribution < 1.29 is 19.4 Å². The number of aliphatic carboxylic acids is 1. The van der Waals surface area contributed by atoms with E-state index in [9.17, 15) is 9.59 Å². The van der Waals surface area contributed by atoms with Gasteiger partial charge in [-0.1, -0.05) is 11.6 Å².